The Labute approximate surface area is 157 Å². The molecule has 0 saturated carbocycles. The molecule has 26 heavy (non-hydrogen) atoms. The van der Waals surface area contributed by atoms with Crippen molar-refractivity contribution in [3.63, 3.8) is 0 Å². The van der Waals surface area contributed by atoms with Gasteiger partial charge in [-0.2, -0.15) is 0 Å². The molecule has 0 aliphatic carbocycles. The van der Waals surface area contributed by atoms with E-state index in [4.69, 9.17) is 4.84 Å². The number of hydrogen-bond donors (Lipinski definition) is 2. The lowest BCUT2D eigenvalue weighted by atomic mass is 10.1. The molecule has 0 saturated heterocycles. The van der Waals surface area contributed by atoms with Gasteiger partial charge in [-0.25, -0.2) is 9.86 Å². The standard InChI is InChI=1S/C20H33N3O3/c1-3-4-5-6-7-11-15-21-20(25)22-16-14-19(24)23(2)26-17-18-12-9-8-10-13-18/h8-10,12-13H,3-7,11,14-17H2,1-2H3,(H2,21,22,25). The first kappa shape index (κ1) is 22.0. The molecule has 2 N–H and O–H groups in total. The second-order valence-electron chi connectivity index (χ2n) is 6.35. The lowest BCUT2D eigenvalue weighted by Gasteiger charge is -2.17. The lowest BCUT2D eigenvalue weighted by molar-refractivity contribution is -0.182. The van der Waals surface area contributed by atoms with Gasteiger partial charge in [-0.3, -0.25) is 9.63 Å². The number of unbranched alkanes of at least 4 members (excludes halogenated alkanes) is 5. The molecular formula is C20H33N3O3. The van der Waals surface area contributed by atoms with E-state index in [2.05, 4.69) is 17.6 Å². The largest absolute Gasteiger partial charge is 0.338 e. The maximum atomic E-state index is 12.0. The summed E-state index contributed by atoms with van der Waals surface area (Å²) < 4.78 is 0. The maximum Gasteiger partial charge on any atom is 0.314 e. The number of urea groups is 1. The van der Waals surface area contributed by atoms with Crippen molar-refractivity contribution in [2.45, 2.75) is 58.5 Å². The average molecular weight is 364 g/mol. The summed E-state index contributed by atoms with van der Waals surface area (Å²) in [6, 6.07) is 9.44. The van der Waals surface area contributed by atoms with Gasteiger partial charge in [-0.1, -0.05) is 69.4 Å². The first-order chi connectivity index (χ1) is 12.6. The highest BCUT2D eigenvalue weighted by Crippen LogP contribution is 2.04. The van der Waals surface area contributed by atoms with Gasteiger partial charge in [0.2, 0.25) is 5.91 Å². The van der Waals surface area contributed by atoms with Crippen LogP contribution in [0.1, 0.15) is 57.4 Å². The third-order valence-electron chi connectivity index (χ3n) is 4.06. The molecule has 6 heteroatoms. The third-order valence-corrected chi connectivity index (χ3v) is 4.06. The van der Waals surface area contributed by atoms with Crippen LogP contribution in [-0.2, 0) is 16.2 Å². The van der Waals surface area contributed by atoms with Crippen molar-refractivity contribution < 1.29 is 14.4 Å². The van der Waals surface area contributed by atoms with E-state index in [1.54, 1.807) is 7.05 Å². The van der Waals surface area contributed by atoms with Crippen molar-refractivity contribution in [1.82, 2.24) is 15.7 Å². The zero-order chi connectivity index (χ0) is 19.0. The van der Waals surface area contributed by atoms with Crippen molar-refractivity contribution in [1.29, 1.82) is 0 Å². The molecule has 0 aliphatic rings. The van der Waals surface area contributed by atoms with Crippen molar-refractivity contribution in [3.8, 4) is 0 Å². The molecule has 0 spiro atoms. The number of benzene rings is 1. The number of nitrogens with zero attached hydrogens (tertiary/aromatic N) is 1. The highest BCUT2D eigenvalue weighted by Gasteiger charge is 2.10. The molecule has 0 bridgehead atoms. The molecule has 0 aromatic heterocycles. The molecule has 1 rings (SSSR count). The van der Waals surface area contributed by atoms with Crippen molar-refractivity contribution in [3.05, 3.63) is 35.9 Å². The van der Waals surface area contributed by atoms with E-state index in [9.17, 15) is 9.59 Å². The second kappa shape index (κ2) is 14.1. The number of nitrogens with one attached hydrogen (secondary N) is 2. The molecule has 146 valence electrons. The minimum atomic E-state index is -0.223. The number of carbonyl (C=O) groups is 2. The molecule has 1 aromatic carbocycles. The van der Waals surface area contributed by atoms with Crippen LogP contribution in [0.4, 0.5) is 4.79 Å². The number of hydrogen-bond acceptors (Lipinski definition) is 3. The SMILES string of the molecule is CCCCCCCCNC(=O)NCCC(=O)N(C)OCc1ccccc1. The molecular weight excluding hydrogens is 330 g/mol. The van der Waals surface area contributed by atoms with Gasteiger partial charge in [0.05, 0.1) is 0 Å². The van der Waals surface area contributed by atoms with Crippen LogP contribution in [0.25, 0.3) is 0 Å². The molecule has 0 unspecified atom stereocenters. The summed E-state index contributed by atoms with van der Waals surface area (Å²) in [4.78, 5) is 29.0. The fourth-order valence-corrected chi connectivity index (χ4v) is 2.43. The van der Waals surface area contributed by atoms with E-state index in [0.717, 1.165) is 18.4 Å². The van der Waals surface area contributed by atoms with Gasteiger partial charge < -0.3 is 10.6 Å². The topological polar surface area (TPSA) is 70.7 Å². The van der Waals surface area contributed by atoms with E-state index in [1.165, 1.54) is 30.7 Å². The van der Waals surface area contributed by atoms with Crippen LogP contribution in [0.3, 0.4) is 0 Å². The van der Waals surface area contributed by atoms with Gasteiger partial charge in [0.1, 0.15) is 6.61 Å². The summed E-state index contributed by atoms with van der Waals surface area (Å²) in [6.07, 6.45) is 7.35. The van der Waals surface area contributed by atoms with Crippen LogP contribution in [0.15, 0.2) is 30.3 Å². The Morgan fingerprint density at radius 2 is 1.62 bits per heavy atom. The summed E-state index contributed by atoms with van der Waals surface area (Å²) in [6.45, 7) is 3.51. The van der Waals surface area contributed by atoms with Gasteiger partial charge in [-0.05, 0) is 12.0 Å². The monoisotopic (exact) mass is 363 g/mol. The molecule has 0 aliphatic heterocycles. The van der Waals surface area contributed by atoms with Crippen molar-refractivity contribution in [2.75, 3.05) is 20.1 Å². The van der Waals surface area contributed by atoms with Crippen LogP contribution in [0.2, 0.25) is 0 Å². The fraction of sp³-hybridized carbons (Fsp3) is 0.600. The normalized spacial score (nSPS) is 10.4. The molecule has 0 atom stereocenters. The highest BCUT2D eigenvalue weighted by molar-refractivity contribution is 5.77. The predicted octanol–water partition coefficient (Wildman–Crippen LogP) is 3.63. The Bertz CT molecular complexity index is 508. The van der Waals surface area contributed by atoms with E-state index in [1.807, 2.05) is 30.3 Å². The van der Waals surface area contributed by atoms with Crippen LogP contribution < -0.4 is 10.6 Å². The summed E-state index contributed by atoms with van der Waals surface area (Å²) >= 11 is 0. The van der Waals surface area contributed by atoms with Crippen LogP contribution >= 0.6 is 0 Å². The molecule has 0 fully saturated rings. The maximum absolute atomic E-state index is 12.0. The Morgan fingerprint density at radius 1 is 0.962 bits per heavy atom. The molecule has 6 nitrogen and oxygen atoms in total. The summed E-state index contributed by atoms with van der Waals surface area (Å²) in [5.41, 5.74) is 0.999. The Morgan fingerprint density at radius 3 is 2.35 bits per heavy atom. The van der Waals surface area contributed by atoms with Gasteiger partial charge in [0.25, 0.3) is 0 Å². The molecule has 0 heterocycles. The second-order valence-corrected chi connectivity index (χ2v) is 6.35. The third kappa shape index (κ3) is 10.7. The zero-order valence-electron chi connectivity index (χ0n) is 16.1. The van der Waals surface area contributed by atoms with Crippen LogP contribution in [-0.4, -0.2) is 37.1 Å². The van der Waals surface area contributed by atoms with E-state index in [0.29, 0.717) is 19.7 Å². The van der Waals surface area contributed by atoms with E-state index >= 15 is 0 Å². The number of amides is 3. The molecule has 0 radical (unpaired) electrons. The summed E-state index contributed by atoms with van der Waals surface area (Å²) in [7, 11) is 1.59. The van der Waals surface area contributed by atoms with Gasteiger partial charge in [0.15, 0.2) is 0 Å². The Kier molecular flexibility index (Phi) is 11.9. The first-order valence-electron chi connectivity index (χ1n) is 9.58. The first-order valence-corrected chi connectivity index (χ1v) is 9.58. The van der Waals surface area contributed by atoms with Gasteiger partial charge in [-0.15, -0.1) is 0 Å². The van der Waals surface area contributed by atoms with E-state index < -0.39 is 0 Å². The van der Waals surface area contributed by atoms with Gasteiger partial charge in [0, 0.05) is 26.6 Å². The summed E-state index contributed by atoms with van der Waals surface area (Å²) in [5, 5.41) is 6.74. The Hall–Kier alpha value is -2.08. The van der Waals surface area contributed by atoms with Crippen molar-refractivity contribution >= 4 is 11.9 Å². The quantitative estimate of drug-likeness (QED) is 0.415. The number of carbonyl (C=O) groups excluding carboxylic acids is 2. The predicted molar refractivity (Wildman–Crippen MR) is 103 cm³/mol. The minimum absolute atomic E-state index is 0.169. The van der Waals surface area contributed by atoms with Crippen molar-refractivity contribution in [2.24, 2.45) is 0 Å². The van der Waals surface area contributed by atoms with Crippen LogP contribution in [0.5, 0.6) is 0 Å². The lowest BCUT2D eigenvalue weighted by Crippen LogP contribution is -2.38. The molecule has 1 aromatic rings. The smallest absolute Gasteiger partial charge is 0.314 e. The Balaban J connectivity index is 2.03. The highest BCUT2D eigenvalue weighted by atomic mass is 16.7. The van der Waals surface area contributed by atoms with E-state index in [-0.39, 0.29) is 18.4 Å². The minimum Gasteiger partial charge on any atom is -0.338 e. The van der Waals surface area contributed by atoms with Crippen LogP contribution in [0, 0.1) is 0 Å². The number of hydroxylamine groups is 2. The van der Waals surface area contributed by atoms with Gasteiger partial charge >= 0.3 is 6.03 Å². The summed E-state index contributed by atoms with van der Waals surface area (Å²) in [5.74, 6) is -0.169. The number of rotatable bonds is 13. The zero-order valence-corrected chi connectivity index (χ0v) is 16.1. The molecule has 3 amide bonds. The fourth-order valence-electron chi connectivity index (χ4n) is 2.43. The average Bonchev–Trinajstić information content (AvgIpc) is 2.66.